The Morgan fingerprint density at radius 3 is 1.58 bits per heavy atom. The smallest absolute Gasteiger partial charge is 0.160 e. The van der Waals surface area contributed by atoms with Gasteiger partial charge in [0.1, 0.15) is 16.7 Å². The minimum Gasteiger partial charge on any atom is -0.456 e. The predicted octanol–water partition coefficient (Wildman–Crippen LogP) is 16.3. The van der Waals surface area contributed by atoms with Gasteiger partial charge in [-0.25, -0.2) is 0 Å². The van der Waals surface area contributed by atoms with Crippen molar-refractivity contribution < 1.29 is 8.83 Å². The molecule has 0 spiro atoms. The number of hydrogen-bond donors (Lipinski definition) is 0. The lowest BCUT2D eigenvalue weighted by Gasteiger charge is -2.26. The minimum atomic E-state index is -0.137. The molecule has 12 rings (SSSR count). The third-order valence-corrected chi connectivity index (χ3v) is 12.7. The Kier molecular flexibility index (Phi) is 7.58. The summed E-state index contributed by atoms with van der Waals surface area (Å²) in [6.07, 6.45) is 0. The summed E-state index contributed by atoms with van der Waals surface area (Å²) < 4.78 is 13.7. The largest absolute Gasteiger partial charge is 0.456 e. The van der Waals surface area contributed by atoms with E-state index in [1.807, 2.05) is 6.07 Å². The van der Waals surface area contributed by atoms with Crippen molar-refractivity contribution in [1.29, 1.82) is 0 Å². The second-order valence-electron chi connectivity index (χ2n) is 16.4. The quantitative estimate of drug-likeness (QED) is 0.169. The molecule has 284 valence electrons. The number of rotatable bonds is 6. The first-order valence-corrected chi connectivity index (χ1v) is 20.7. The number of hydrogen-bond acceptors (Lipinski definition) is 3. The maximum atomic E-state index is 7.18. The van der Waals surface area contributed by atoms with Gasteiger partial charge in [-0.3, -0.25) is 0 Å². The Morgan fingerprint density at radius 2 is 0.900 bits per heavy atom. The van der Waals surface area contributed by atoms with Crippen molar-refractivity contribution in [3.05, 3.63) is 211 Å². The van der Waals surface area contributed by atoms with Crippen LogP contribution in [-0.2, 0) is 5.41 Å². The molecule has 0 amide bonds. The van der Waals surface area contributed by atoms with Crippen molar-refractivity contribution in [2.45, 2.75) is 19.3 Å². The van der Waals surface area contributed by atoms with E-state index in [4.69, 9.17) is 8.83 Å². The Bertz CT molecular complexity index is 3340. The second kappa shape index (κ2) is 13.2. The van der Waals surface area contributed by atoms with Crippen molar-refractivity contribution >= 4 is 60.9 Å². The van der Waals surface area contributed by atoms with E-state index in [1.165, 1.54) is 44.5 Å². The molecule has 0 fully saturated rings. The van der Waals surface area contributed by atoms with Gasteiger partial charge in [-0.1, -0.05) is 159 Å². The van der Waals surface area contributed by atoms with Gasteiger partial charge in [0.2, 0.25) is 0 Å². The average Bonchev–Trinajstić information content (AvgIpc) is 3.95. The topological polar surface area (TPSA) is 29.5 Å². The molecule has 2 heterocycles. The van der Waals surface area contributed by atoms with E-state index in [1.54, 1.807) is 0 Å². The molecule has 0 unspecified atom stereocenters. The zero-order valence-corrected chi connectivity index (χ0v) is 33.3. The zero-order valence-electron chi connectivity index (χ0n) is 33.3. The van der Waals surface area contributed by atoms with Crippen LogP contribution in [0, 0.1) is 0 Å². The van der Waals surface area contributed by atoms with Gasteiger partial charge in [0.15, 0.2) is 5.58 Å². The van der Waals surface area contributed by atoms with Crippen LogP contribution >= 0.6 is 0 Å². The molecule has 0 saturated heterocycles. The fraction of sp³-hybridized carbons (Fsp3) is 0.0526. The molecule has 0 radical (unpaired) electrons. The van der Waals surface area contributed by atoms with Gasteiger partial charge < -0.3 is 13.7 Å². The molecule has 11 aromatic rings. The fourth-order valence-electron chi connectivity index (χ4n) is 9.75. The average molecular weight is 770 g/mol. The summed E-state index contributed by atoms with van der Waals surface area (Å²) >= 11 is 0. The highest BCUT2D eigenvalue weighted by molar-refractivity contribution is 6.29. The van der Waals surface area contributed by atoms with Gasteiger partial charge in [0, 0.05) is 38.3 Å². The summed E-state index contributed by atoms with van der Waals surface area (Å²) in [7, 11) is 0. The van der Waals surface area contributed by atoms with E-state index in [0.29, 0.717) is 0 Å². The molecule has 1 aliphatic rings. The minimum absolute atomic E-state index is 0.137. The Hall–Kier alpha value is -7.62. The molecule has 2 aromatic heterocycles. The van der Waals surface area contributed by atoms with Crippen molar-refractivity contribution in [2.75, 3.05) is 4.90 Å². The summed E-state index contributed by atoms with van der Waals surface area (Å²) in [5, 5.41) is 4.28. The van der Waals surface area contributed by atoms with Gasteiger partial charge in [-0.15, -0.1) is 0 Å². The van der Waals surface area contributed by atoms with E-state index in [2.05, 4.69) is 213 Å². The van der Waals surface area contributed by atoms with Crippen LogP contribution in [0.5, 0.6) is 0 Å². The Morgan fingerprint density at radius 1 is 0.367 bits per heavy atom. The van der Waals surface area contributed by atoms with Crippen LogP contribution in [0.4, 0.5) is 17.1 Å². The fourth-order valence-corrected chi connectivity index (χ4v) is 9.75. The number of nitrogens with zero attached hydrogens (tertiary/aromatic N) is 1. The first-order valence-electron chi connectivity index (χ1n) is 20.7. The maximum absolute atomic E-state index is 7.18. The molecule has 1 aliphatic carbocycles. The van der Waals surface area contributed by atoms with Crippen LogP contribution in [0.1, 0.15) is 25.0 Å². The van der Waals surface area contributed by atoms with Crippen LogP contribution in [0.15, 0.2) is 209 Å². The highest BCUT2D eigenvalue weighted by Crippen LogP contribution is 2.52. The van der Waals surface area contributed by atoms with Crippen LogP contribution in [-0.4, -0.2) is 0 Å². The van der Waals surface area contributed by atoms with Gasteiger partial charge in [0.05, 0.1) is 5.69 Å². The molecule has 0 N–H and O–H groups in total. The van der Waals surface area contributed by atoms with E-state index in [0.717, 1.165) is 72.1 Å². The van der Waals surface area contributed by atoms with Crippen molar-refractivity contribution in [3.63, 3.8) is 0 Å². The second-order valence-corrected chi connectivity index (χ2v) is 16.4. The van der Waals surface area contributed by atoms with Crippen LogP contribution in [0.2, 0.25) is 0 Å². The van der Waals surface area contributed by atoms with Crippen molar-refractivity contribution in [2.24, 2.45) is 0 Å². The van der Waals surface area contributed by atoms with Gasteiger partial charge in [-0.05, 0) is 110 Å². The van der Waals surface area contributed by atoms with Crippen molar-refractivity contribution in [1.82, 2.24) is 0 Å². The monoisotopic (exact) mass is 769 g/mol. The molecular formula is C57H39NO2. The molecule has 0 atom stereocenters. The van der Waals surface area contributed by atoms with E-state index in [-0.39, 0.29) is 5.41 Å². The van der Waals surface area contributed by atoms with E-state index >= 15 is 0 Å². The summed E-state index contributed by atoms with van der Waals surface area (Å²) in [5.41, 5.74) is 18.5. The molecule has 0 aliphatic heterocycles. The zero-order chi connectivity index (χ0) is 40.0. The first-order chi connectivity index (χ1) is 29.5. The summed E-state index contributed by atoms with van der Waals surface area (Å²) in [5.74, 6) is 0. The van der Waals surface area contributed by atoms with Crippen LogP contribution < -0.4 is 4.90 Å². The SMILES string of the molecule is CC1(C)c2ccccc2-c2ccc(-c3ccc(N(c4ccc(-c5ccccc5)cc4)c4ccc(-c5ccccc5)cc4)c4oc5ccc6oc7ccccc7c6c5c34)cc21. The molecule has 0 bridgehead atoms. The molecule has 3 heteroatoms. The molecular weight excluding hydrogens is 731 g/mol. The highest BCUT2D eigenvalue weighted by atomic mass is 16.3. The molecule has 3 nitrogen and oxygen atoms in total. The van der Waals surface area contributed by atoms with Gasteiger partial charge in [-0.2, -0.15) is 0 Å². The summed E-state index contributed by atoms with van der Waals surface area (Å²) in [6, 6.07) is 71.7. The van der Waals surface area contributed by atoms with Crippen molar-refractivity contribution in [3.8, 4) is 44.5 Å². The predicted molar refractivity (Wildman–Crippen MR) is 250 cm³/mol. The Balaban J connectivity index is 1.13. The molecule has 9 aromatic carbocycles. The summed E-state index contributed by atoms with van der Waals surface area (Å²) in [6.45, 7) is 4.69. The Labute approximate surface area is 348 Å². The van der Waals surface area contributed by atoms with Crippen LogP contribution in [0.3, 0.4) is 0 Å². The third-order valence-electron chi connectivity index (χ3n) is 12.7. The number of para-hydroxylation sites is 1. The van der Waals surface area contributed by atoms with Crippen LogP contribution in [0.25, 0.3) is 88.4 Å². The van der Waals surface area contributed by atoms with E-state index in [9.17, 15) is 0 Å². The number of anilines is 3. The first kappa shape index (κ1) is 34.4. The third kappa shape index (κ3) is 5.22. The standard InChI is InChI=1S/C57H39NO2/c1-57(2)47-19-11-9-17-44(47)45-30-25-40(35-48(45)57)43-31-32-49(56-54(43)55-52(60-56)34-33-51-53(55)46-18-10-12-20-50(46)59-51)58(41-26-21-38(22-27-41)36-13-5-3-6-14-36)42-28-23-39(24-29-42)37-15-7-4-8-16-37/h3-35H,1-2H3. The normalized spacial score (nSPS) is 13.0. The highest BCUT2D eigenvalue weighted by Gasteiger charge is 2.35. The lowest BCUT2D eigenvalue weighted by atomic mass is 9.81. The molecule has 60 heavy (non-hydrogen) atoms. The lowest BCUT2D eigenvalue weighted by Crippen LogP contribution is -2.14. The number of benzene rings is 9. The maximum Gasteiger partial charge on any atom is 0.160 e. The molecule has 0 saturated carbocycles. The van der Waals surface area contributed by atoms with Gasteiger partial charge in [0.25, 0.3) is 0 Å². The summed E-state index contributed by atoms with van der Waals surface area (Å²) in [4.78, 5) is 2.34. The van der Waals surface area contributed by atoms with E-state index < -0.39 is 0 Å². The number of furan rings is 2. The number of fused-ring (bicyclic) bond motifs is 10. The van der Waals surface area contributed by atoms with Gasteiger partial charge >= 0.3 is 0 Å². The lowest BCUT2D eigenvalue weighted by molar-refractivity contribution is 0.660.